The summed E-state index contributed by atoms with van der Waals surface area (Å²) in [5.74, 6) is 0.168. The molecule has 0 spiro atoms. The van der Waals surface area contributed by atoms with Crippen LogP contribution in [-0.2, 0) is 0 Å². The van der Waals surface area contributed by atoms with Gasteiger partial charge in [0.05, 0.1) is 0 Å². The molecule has 1 aliphatic carbocycles. The number of hydrogen-bond donors (Lipinski definition) is 2. The van der Waals surface area contributed by atoms with Crippen molar-refractivity contribution in [2.24, 2.45) is 5.73 Å². The number of hydrogen-bond acceptors (Lipinski definition) is 2. The van der Waals surface area contributed by atoms with E-state index in [-0.39, 0.29) is 5.84 Å². The van der Waals surface area contributed by atoms with Gasteiger partial charge in [-0.25, -0.2) is 0 Å². The number of nitrogen functional groups attached to an aromatic ring is 1. The molecule has 92 valence electrons. The zero-order valence-electron chi connectivity index (χ0n) is 10.7. The Bertz CT molecular complexity index is 421. The van der Waals surface area contributed by atoms with Crippen LogP contribution in [0.2, 0.25) is 0 Å². The van der Waals surface area contributed by atoms with Gasteiger partial charge in [0.15, 0.2) is 0 Å². The van der Waals surface area contributed by atoms with Crippen molar-refractivity contribution in [2.45, 2.75) is 39.2 Å². The molecule has 1 saturated carbocycles. The molecule has 0 saturated heterocycles. The highest BCUT2D eigenvalue weighted by Gasteiger charge is 2.30. The first kappa shape index (κ1) is 12.0. The molecule has 3 heteroatoms. The summed E-state index contributed by atoms with van der Waals surface area (Å²) >= 11 is 0. The van der Waals surface area contributed by atoms with Gasteiger partial charge in [-0.05, 0) is 43.9 Å². The van der Waals surface area contributed by atoms with E-state index in [4.69, 9.17) is 11.1 Å². The highest BCUT2D eigenvalue weighted by Crippen LogP contribution is 2.34. The average Bonchev–Trinajstić information content (AvgIpc) is 3.09. The minimum absolute atomic E-state index is 0.168. The maximum absolute atomic E-state index is 7.68. The van der Waals surface area contributed by atoms with Crippen LogP contribution >= 0.6 is 0 Å². The molecule has 0 amide bonds. The fraction of sp³-hybridized carbons (Fsp3) is 0.500. The average molecular weight is 231 g/mol. The van der Waals surface area contributed by atoms with Gasteiger partial charge in [-0.15, -0.1) is 0 Å². The maximum atomic E-state index is 7.68. The van der Waals surface area contributed by atoms with Gasteiger partial charge in [-0.3, -0.25) is 5.41 Å². The fourth-order valence-corrected chi connectivity index (χ4v) is 2.23. The highest BCUT2D eigenvalue weighted by atomic mass is 15.2. The molecule has 3 N–H and O–H groups in total. The second-order valence-corrected chi connectivity index (χ2v) is 4.86. The van der Waals surface area contributed by atoms with Crippen LogP contribution in [-0.4, -0.2) is 18.4 Å². The zero-order valence-corrected chi connectivity index (χ0v) is 10.7. The summed E-state index contributed by atoms with van der Waals surface area (Å²) in [4.78, 5) is 2.42. The summed E-state index contributed by atoms with van der Waals surface area (Å²) in [6.07, 6.45) is 3.67. The summed E-state index contributed by atoms with van der Waals surface area (Å²) in [5.41, 5.74) is 8.92. The molecule has 2 rings (SSSR count). The summed E-state index contributed by atoms with van der Waals surface area (Å²) in [6, 6.07) is 6.81. The third kappa shape index (κ3) is 2.60. The Balaban J connectivity index is 2.39. The number of nitrogens with zero attached hydrogens (tertiary/aromatic N) is 1. The molecule has 0 unspecified atom stereocenters. The zero-order chi connectivity index (χ0) is 12.4. The van der Waals surface area contributed by atoms with E-state index in [2.05, 4.69) is 24.8 Å². The van der Waals surface area contributed by atoms with Crippen LogP contribution in [0, 0.1) is 12.3 Å². The van der Waals surface area contributed by atoms with Gasteiger partial charge < -0.3 is 10.6 Å². The molecule has 0 bridgehead atoms. The lowest BCUT2D eigenvalue weighted by Crippen LogP contribution is -2.29. The van der Waals surface area contributed by atoms with Gasteiger partial charge >= 0.3 is 0 Å². The number of nitrogens with one attached hydrogen (secondary N) is 1. The Morgan fingerprint density at radius 3 is 2.71 bits per heavy atom. The third-order valence-corrected chi connectivity index (χ3v) is 3.20. The van der Waals surface area contributed by atoms with Crippen LogP contribution in [0.1, 0.15) is 37.3 Å². The lowest BCUT2D eigenvalue weighted by molar-refractivity contribution is 0.762. The standard InChI is InChI=1S/C14H21N3/c1-3-8-17(11-5-6-11)13-9-10(2)4-7-12(13)14(15)16/h4,7,9,11H,3,5-6,8H2,1-2H3,(H3,15,16). The van der Waals surface area contributed by atoms with Crippen molar-refractivity contribution < 1.29 is 0 Å². The highest BCUT2D eigenvalue weighted by molar-refractivity contribution is 6.00. The Labute approximate surface area is 103 Å². The minimum atomic E-state index is 0.168. The van der Waals surface area contributed by atoms with Gasteiger partial charge in [0.1, 0.15) is 5.84 Å². The van der Waals surface area contributed by atoms with Crippen molar-refractivity contribution in [3.05, 3.63) is 29.3 Å². The van der Waals surface area contributed by atoms with Crippen molar-refractivity contribution in [1.29, 1.82) is 5.41 Å². The second-order valence-electron chi connectivity index (χ2n) is 4.86. The van der Waals surface area contributed by atoms with E-state index in [1.54, 1.807) is 0 Å². The molecule has 1 aromatic carbocycles. The molecule has 0 heterocycles. The molecular formula is C14H21N3. The molecule has 0 radical (unpaired) electrons. The first-order valence-electron chi connectivity index (χ1n) is 6.35. The summed E-state index contributed by atoms with van der Waals surface area (Å²) < 4.78 is 0. The van der Waals surface area contributed by atoms with E-state index in [1.807, 2.05) is 12.1 Å². The van der Waals surface area contributed by atoms with Crippen molar-refractivity contribution in [1.82, 2.24) is 0 Å². The van der Waals surface area contributed by atoms with Crippen LogP contribution in [0.4, 0.5) is 5.69 Å². The van der Waals surface area contributed by atoms with Gasteiger partial charge in [0.2, 0.25) is 0 Å². The summed E-state index contributed by atoms with van der Waals surface area (Å²) in [7, 11) is 0. The molecule has 0 aromatic heterocycles. The molecule has 1 fully saturated rings. The lowest BCUT2D eigenvalue weighted by Gasteiger charge is -2.26. The van der Waals surface area contributed by atoms with Gasteiger partial charge in [-0.1, -0.05) is 13.0 Å². The second kappa shape index (κ2) is 4.78. The Morgan fingerprint density at radius 2 is 2.18 bits per heavy atom. The van der Waals surface area contributed by atoms with Crippen LogP contribution in [0.5, 0.6) is 0 Å². The first-order valence-corrected chi connectivity index (χ1v) is 6.35. The molecule has 17 heavy (non-hydrogen) atoms. The predicted molar refractivity (Wildman–Crippen MR) is 72.9 cm³/mol. The maximum Gasteiger partial charge on any atom is 0.124 e. The lowest BCUT2D eigenvalue weighted by atomic mass is 10.1. The van der Waals surface area contributed by atoms with E-state index >= 15 is 0 Å². The van der Waals surface area contributed by atoms with Crippen molar-refractivity contribution in [3.63, 3.8) is 0 Å². The molecule has 3 nitrogen and oxygen atoms in total. The third-order valence-electron chi connectivity index (χ3n) is 3.20. The fourth-order valence-electron chi connectivity index (χ4n) is 2.23. The first-order chi connectivity index (χ1) is 8.13. The normalized spacial score (nSPS) is 14.7. The Hall–Kier alpha value is -1.51. The van der Waals surface area contributed by atoms with Crippen molar-refractivity contribution >= 4 is 11.5 Å². The molecule has 1 aliphatic rings. The quantitative estimate of drug-likeness (QED) is 0.604. The number of aryl methyl sites for hydroxylation is 1. The van der Waals surface area contributed by atoms with Crippen LogP contribution < -0.4 is 10.6 Å². The summed E-state index contributed by atoms with van der Waals surface area (Å²) in [5, 5.41) is 7.68. The number of nitrogens with two attached hydrogens (primary N) is 1. The Morgan fingerprint density at radius 1 is 1.47 bits per heavy atom. The van der Waals surface area contributed by atoms with Gasteiger partial charge in [0.25, 0.3) is 0 Å². The predicted octanol–water partition coefficient (Wildman–Crippen LogP) is 2.66. The van der Waals surface area contributed by atoms with Gasteiger partial charge in [-0.2, -0.15) is 0 Å². The monoisotopic (exact) mass is 231 g/mol. The molecule has 0 atom stereocenters. The van der Waals surface area contributed by atoms with E-state index in [9.17, 15) is 0 Å². The van der Waals surface area contributed by atoms with Crippen LogP contribution in [0.3, 0.4) is 0 Å². The minimum Gasteiger partial charge on any atom is -0.384 e. The number of amidine groups is 1. The van der Waals surface area contributed by atoms with E-state index in [1.165, 1.54) is 18.4 Å². The SMILES string of the molecule is CCCN(c1cc(C)ccc1C(=N)N)C1CC1. The van der Waals surface area contributed by atoms with E-state index in [0.29, 0.717) is 6.04 Å². The largest absolute Gasteiger partial charge is 0.384 e. The van der Waals surface area contributed by atoms with Gasteiger partial charge in [0, 0.05) is 23.8 Å². The number of rotatable bonds is 5. The smallest absolute Gasteiger partial charge is 0.124 e. The number of benzene rings is 1. The van der Waals surface area contributed by atoms with Crippen molar-refractivity contribution in [2.75, 3.05) is 11.4 Å². The van der Waals surface area contributed by atoms with Crippen molar-refractivity contribution in [3.8, 4) is 0 Å². The van der Waals surface area contributed by atoms with E-state index in [0.717, 1.165) is 24.2 Å². The molecular weight excluding hydrogens is 210 g/mol. The van der Waals surface area contributed by atoms with Crippen LogP contribution in [0.25, 0.3) is 0 Å². The molecule has 0 aliphatic heterocycles. The Kier molecular flexibility index (Phi) is 3.36. The van der Waals surface area contributed by atoms with E-state index < -0.39 is 0 Å². The molecule has 1 aromatic rings. The topological polar surface area (TPSA) is 53.1 Å². The summed E-state index contributed by atoms with van der Waals surface area (Å²) in [6.45, 7) is 5.33. The van der Waals surface area contributed by atoms with Crippen LogP contribution in [0.15, 0.2) is 18.2 Å². The number of anilines is 1.